The Hall–Kier alpha value is -1.60. The van der Waals surface area contributed by atoms with Crippen LogP contribution in [-0.4, -0.2) is 36.2 Å². The van der Waals surface area contributed by atoms with Crippen LogP contribution in [0.3, 0.4) is 0 Å². The van der Waals surface area contributed by atoms with E-state index in [-0.39, 0.29) is 5.56 Å². The molecule has 0 spiro atoms. The number of aliphatic hydroxyl groups is 1. The third-order valence-electron chi connectivity index (χ3n) is 3.58. The molecule has 1 amide bonds. The van der Waals surface area contributed by atoms with Crippen molar-refractivity contribution in [2.75, 3.05) is 13.1 Å². The molecule has 0 aromatic heterocycles. The van der Waals surface area contributed by atoms with Gasteiger partial charge < -0.3 is 15.7 Å². The summed E-state index contributed by atoms with van der Waals surface area (Å²) in [7, 11) is 0. The summed E-state index contributed by atoms with van der Waals surface area (Å²) < 4.78 is 38.1. The van der Waals surface area contributed by atoms with Crippen molar-refractivity contribution in [1.29, 1.82) is 0 Å². The first-order chi connectivity index (χ1) is 9.79. The number of aliphatic hydroxyl groups excluding tert-OH is 1. The van der Waals surface area contributed by atoms with Gasteiger partial charge in [0.2, 0.25) is 0 Å². The predicted octanol–water partition coefficient (Wildman–Crippen LogP) is 1.47. The number of amides is 1. The first-order valence-corrected chi connectivity index (χ1v) is 6.66. The van der Waals surface area contributed by atoms with Gasteiger partial charge in [0.25, 0.3) is 5.91 Å². The molecule has 0 aliphatic carbocycles. The highest BCUT2D eigenvalue weighted by Crippen LogP contribution is 2.30. The van der Waals surface area contributed by atoms with E-state index in [1.807, 2.05) is 0 Å². The highest BCUT2D eigenvalue weighted by atomic mass is 19.4. The molecule has 0 saturated carbocycles. The molecule has 3 N–H and O–H groups in total. The lowest BCUT2D eigenvalue weighted by Gasteiger charge is -2.29. The van der Waals surface area contributed by atoms with Crippen LogP contribution in [0, 0.1) is 6.92 Å². The quantitative estimate of drug-likeness (QED) is 0.775. The van der Waals surface area contributed by atoms with Crippen LogP contribution >= 0.6 is 0 Å². The zero-order valence-electron chi connectivity index (χ0n) is 11.5. The van der Waals surface area contributed by atoms with Gasteiger partial charge in [0, 0.05) is 12.1 Å². The summed E-state index contributed by atoms with van der Waals surface area (Å²) in [5, 5.41) is 15.3. The molecule has 2 rings (SSSR count). The second kappa shape index (κ2) is 6.03. The molecule has 2 atom stereocenters. The van der Waals surface area contributed by atoms with Crippen molar-refractivity contribution in [1.82, 2.24) is 10.6 Å². The molecule has 1 aliphatic rings. The van der Waals surface area contributed by atoms with Crippen LogP contribution in [-0.2, 0) is 6.18 Å². The van der Waals surface area contributed by atoms with E-state index in [0.717, 1.165) is 12.1 Å². The fourth-order valence-electron chi connectivity index (χ4n) is 2.30. The number of hydrogen-bond donors (Lipinski definition) is 3. The van der Waals surface area contributed by atoms with E-state index in [0.29, 0.717) is 25.1 Å². The number of piperidine rings is 1. The lowest BCUT2D eigenvalue weighted by molar-refractivity contribution is -0.137. The summed E-state index contributed by atoms with van der Waals surface area (Å²) >= 11 is 0. The number of halogens is 3. The highest BCUT2D eigenvalue weighted by Gasteiger charge is 2.32. The van der Waals surface area contributed by atoms with E-state index in [2.05, 4.69) is 10.6 Å². The lowest BCUT2D eigenvalue weighted by Crippen LogP contribution is -2.52. The van der Waals surface area contributed by atoms with Crippen molar-refractivity contribution >= 4 is 5.91 Å². The van der Waals surface area contributed by atoms with Crippen LogP contribution in [0.1, 0.15) is 27.9 Å². The number of hydrogen-bond acceptors (Lipinski definition) is 3. The molecule has 0 radical (unpaired) electrons. The SMILES string of the molecule is Cc1ccc(C(F)(F)F)cc1C(=O)N[C@@H]1CCNC[C@H]1O. The number of nitrogens with one attached hydrogen (secondary N) is 2. The number of carbonyl (C=O) groups excluding carboxylic acids is 1. The highest BCUT2D eigenvalue weighted by molar-refractivity contribution is 5.96. The van der Waals surface area contributed by atoms with Crippen LogP contribution in [0.4, 0.5) is 13.2 Å². The van der Waals surface area contributed by atoms with Gasteiger partial charge in [-0.2, -0.15) is 13.2 Å². The van der Waals surface area contributed by atoms with Gasteiger partial charge in [-0.3, -0.25) is 4.79 Å². The van der Waals surface area contributed by atoms with E-state index in [9.17, 15) is 23.1 Å². The fourth-order valence-corrected chi connectivity index (χ4v) is 2.30. The first kappa shape index (κ1) is 15.8. The largest absolute Gasteiger partial charge is 0.416 e. The molecule has 7 heteroatoms. The molecule has 1 aromatic rings. The molecule has 1 aliphatic heterocycles. The molecule has 0 bridgehead atoms. The van der Waals surface area contributed by atoms with E-state index >= 15 is 0 Å². The van der Waals surface area contributed by atoms with E-state index in [4.69, 9.17) is 0 Å². The Bertz CT molecular complexity index is 531. The first-order valence-electron chi connectivity index (χ1n) is 6.66. The fraction of sp³-hybridized carbons (Fsp3) is 0.500. The summed E-state index contributed by atoms with van der Waals surface area (Å²) in [4.78, 5) is 12.1. The van der Waals surface area contributed by atoms with Crippen molar-refractivity contribution in [3.63, 3.8) is 0 Å². The van der Waals surface area contributed by atoms with Gasteiger partial charge in [0.15, 0.2) is 0 Å². The van der Waals surface area contributed by atoms with E-state index in [1.54, 1.807) is 6.92 Å². The zero-order valence-corrected chi connectivity index (χ0v) is 11.5. The zero-order chi connectivity index (χ0) is 15.6. The third kappa shape index (κ3) is 3.74. The third-order valence-corrected chi connectivity index (χ3v) is 3.58. The predicted molar refractivity (Wildman–Crippen MR) is 70.9 cm³/mol. The summed E-state index contributed by atoms with van der Waals surface area (Å²) in [6, 6.07) is 2.62. The normalized spacial score (nSPS) is 22.9. The maximum atomic E-state index is 12.7. The second-order valence-corrected chi connectivity index (χ2v) is 5.17. The van der Waals surface area contributed by atoms with Crippen molar-refractivity contribution in [3.05, 3.63) is 34.9 Å². The number of alkyl halides is 3. The molecule has 4 nitrogen and oxygen atoms in total. The van der Waals surface area contributed by atoms with Crippen molar-refractivity contribution in [2.24, 2.45) is 0 Å². The Kier molecular flexibility index (Phi) is 4.53. The average Bonchev–Trinajstić information content (AvgIpc) is 2.40. The maximum absolute atomic E-state index is 12.7. The number of carbonyl (C=O) groups is 1. The van der Waals surface area contributed by atoms with Gasteiger partial charge in [-0.25, -0.2) is 0 Å². The van der Waals surface area contributed by atoms with Crippen molar-refractivity contribution in [2.45, 2.75) is 31.7 Å². The molecular formula is C14H17F3N2O2. The maximum Gasteiger partial charge on any atom is 0.416 e. The molecule has 1 heterocycles. The van der Waals surface area contributed by atoms with Gasteiger partial charge in [0.1, 0.15) is 0 Å². The van der Waals surface area contributed by atoms with Crippen LogP contribution in [0.2, 0.25) is 0 Å². The Labute approximate surface area is 120 Å². The molecular weight excluding hydrogens is 285 g/mol. The summed E-state index contributed by atoms with van der Waals surface area (Å²) in [6.07, 6.45) is -4.70. The minimum absolute atomic E-state index is 0.0180. The number of β-amino-alcohol motifs (C(OH)–C–C–N with tert-alkyl or cyclic N) is 1. The minimum Gasteiger partial charge on any atom is -0.390 e. The minimum atomic E-state index is -4.49. The number of aryl methyl sites for hydroxylation is 1. The Morgan fingerprint density at radius 2 is 2.14 bits per heavy atom. The summed E-state index contributed by atoms with van der Waals surface area (Å²) in [5.41, 5.74) is -0.413. The van der Waals surface area contributed by atoms with Gasteiger partial charge in [-0.15, -0.1) is 0 Å². The second-order valence-electron chi connectivity index (χ2n) is 5.17. The Balaban J connectivity index is 2.18. The van der Waals surface area contributed by atoms with E-state index < -0.39 is 29.8 Å². The van der Waals surface area contributed by atoms with Crippen molar-refractivity contribution < 1.29 is 23.1 Å². The Morgan fingerprint density at radius 1 is 1.43 bits per heavy atom. The monoisotopic (exact) mass is 302 g/mol. The standard InChI is InChI=1S/C14H17F3N2O2/c1-8-2-3-9(14(15,16)17)6-10(8)13(21)19-11-4-5-18-7-12(11)20/h2-3,6,11-12,18,20H,4-5,7H2,1H3,(H,19,21)/t11-,12-/m1/s1. The molecule has 21 heavy (non-hydrogen) atoms. The molecule has 1 fully saturated rings. The van der Waals surface area contributed by atoms with E-state index in [1.165, 1.54) is 6.07 Å². The molecule has 1 aromatic carbocycles. The average molecular weight is 302 g/mol. The smallest absolute Gasteiger partial charge is 0.390 e. The lowest BCUT2D eigenvalue weighted by atomic mass is 10.0. The Morgan fingerprint density at radius 3 is 2.76 bits per heavy atom. The number of benzene rings is 1. The topological polar surface area (TPSA) is 61.4 Å². The molecule has 116 valence electrons. The van der Waals surface area contributed by atoms with Gasteiger partial charge in [0.05, 0.1) is 17.7 Å². The number of rotatable bonds is 2. The summed E-state index contributed by atoms with van der Waals surface area (Å²) in [6.45, 7) is 2.57. The van der Waals surface area contributed by atoms with Crippen LogP contribution < -0.4 is 10.6 Å². The van der Waals surface area contributed by atoms with Crippen LogP contribution in [0.25, 0.3) is 0 Å². The summed E-state index contributed by atoms with van der Waals surface area (Å²) in [5.74, 6) is -0.593. The molecule has 0 unspecified atom stereocenters. The van der Waals surface area contributed by atoms with Crippen molar-refractivity contribution in [3.8, 4) is 0 Å². The van der Waals surface area contributed by atoms with Crippen LogP contribution in [0.5, 0.6) is 0 Å². The van der Waals surface area contributed by atoms with Gasteiger partial charge in [-0.05, 0) is 37.6 Å². The van der Waals surface area contributed by atoms with Gasteiger partial charge >= 0.3 is 6.18 Å². The van der Waals surface area contributed by atoms with Gasteiger partial charge in [-0.1, -0.05) is 6.07 Å². The van der Waals surface area contributed by atoms with Crippen LogP contribution in [0.15, 0.2) is 18.2 Å². The molecule has 1 saturated heterocycles.